The van der Waals surface area contributed by atoms with Crippen molar-refractivity contribution in [2.24, 2.45) is 0 Å². The summed E-state index contributed by atoms with van der Waals surface area (Å²) in [5.74, 6) is -0.369. The van der Waals surface area contributed by atoms with E-state index in [1.807, 2.05) is 0 Å². The fourth-order valence-corrected chi connectivity index (χ4v) is 2.51. The van der Waals surface area contributed by atoms with Crippen LogP contribution in [0.3, 0.4) is 0 Å². The second-order valence-electron chi connectivity index (χ2n) is 5.67. The fourth-order valence-electron chi connectivity index (χ4n) is 2.51. The summed E-state index contributed by atoms with van der Waals surface area (Å²) >= 11 is 0. The smallest absolute Gasteiger partial charge is 0.193 e. The van der Waals surface area contributed by atoms with Crippen molar-refractivity contribution in [1.29, 1.82) is 0 Å². The van der Waals surface area contributed by atoms with Gasteiger partial charge in [0.05, 0.1) is 0 Å². The summed E-state index contributed by atoms with van der Waals surface area (Å²) in [4.78, 5) is 25.2. The van der Waals surface area contributed by atoms with Crippen LogP contribution in [0.15, 0.2) is 66.7 Å². The molecule has 0 unspecified atom stereocenters. The Morgan fingerprint density at radius 2 is 0.960 bits per heavy atom. The predicted molar refractivity (Wildman–Crippen MR) is 92.1 cm³/mol. The number of quaternary nitrogens is 1. The highest BCUT2D eigenvalue weighted by molar-refractivity contribution is 6.13. The van der Waals surface area contributed by atoms with Crippen molar-refractivity contribution in [3.8, 4) is 11.5 Å². The van der Waals surface area contributed by atoms with E-state index in [0.717, 1.165) is 0 Å². The topological polar surface area (TPSA) is 102 Å². The SMILES string of the molecule is [NH3+]c1cc(C(=O)c2ccc(O)cc2)cc(C(=O)c2ccc(O)cc2)c1. The van der Waals surface area contributed by atoms with Crippen molar-refractivity contribution in [3.05, 3.63) is 89.0 Å². The van der Waals surface area contributed by atoms with Gasteiger partial charge in [0, 0.05) is 34.4 Å². The Morgan fingerprint density at radius 3 is 1.32 bits per heavy atom. The summed E-state index contributed by atoms with van der Waals surface area (Å²) in [6.07, 6.45) is 0. The van der Waals surface area contributed by atoms with Crippen molar-refractivity contribution in [2.75, 3.05) is 0 Å². The Kier molecular flexibility index (Phi) is 4.33. The Bertz CT molecular complexity index is 869. The van der Waals surface area contributed by atoms with Crippen molar-refractivity contribution in [2.45, 2.75) is 0 Å². The van der Waals surface area contributed by atoms with Crippen LogP contribution in [-0.4, -0.2) is 21.8 Å². The van der Waals surface area contributed by atoms with Gasteiger partial charge in [0.1, 0.15) is 17.2 Å². The van der Waals surface area contributed by atoms with Gasteiger partial charge in [-0.3, -0.25) is 9.59 Å². The van der Waals surface area contributed by atoms with E-state index < -0.39 is 0 Å². The number of hydrogen-bond acceptors (Lipinski definition) is 4. The van der Waals surface area contributed by atoms with Crippen LogP contribution in [0, 0.1) is 0 Å². The molecule has 3 rings (SSSR count). The minimum atomic E-state index is -0.259. The third kappa shape index (κ3) is 3.57. The van der Waals surface area contributed by atoms with Gasteiger partial charge in [-0.15, -0.1) is 0 Å². The maximum Gasteiger partial charge on any atom is 0.193 e. The molecule has 0 atom stereocenters. The van der Waals surface area contributed by atoms with Gasteiger partial charge >= 0.3 is 0 Å². The zero-order valence-corrected chi connectivity index (χ0v) is 13.3. The molecule has 0 amide bonds. The molecule has 0 fully saturated rings. The number of phenolic OH excluding ortho intramolecular Hbond substituents is 2. The number of rotatable bonds is 4. The number of benzene rings is 3. The third-order valence-electron chi connectivity index (χ3n) is 3.78. The van der Waals surface area contributed by atoms with Gasteiger partial charge < -0.3 is 15.9 Å². The second-order valence-corrected chi connectivity index (χ2v) is 5.67. The monoisotopic (exact) mass is 334 g/mol. The molecule has 0 saturated carbocycles. The van der Waals surface area contributed by atoms with E-state index in [9.17, 15) is 19.8 Å². The number of carbonyl (C=O) groups is 2. The molecule has 0 heterocycles. The molecule has 124 valence electrons. The molecule has 5 N–H and O–H groups in total. The fraction of sp³-hybridized carbons (Fsp3) is 0. The lowest BCUT2D eigenvalue weighted by Gasteiger charge is -2.06. The number of ketones is 2. The van der Waals surface area contributed by atoms with Gasteiger partial charge in [0.15, 0.2) is 11.6 Å². The molecule has 5 nitrogen and oxygen atoms in total. The van der Waals surface area contributed by atoms with Crippen LogP contribution in [0.1, 0.15) is 31.8 Å². The Hall–Kier alpha value is -3.44. The van der Waals surface area contributed by atoms with Crippen molar-refractivity contribution in [1.82, 2.24) is 0 Å². The zero-order valence-electron chi connectivity index (χ0n) is 13.3. The van der Waals surface area contributed by atoms with E-state index in [0.29, 0.717) is 27.9 Å². The maximum atomic E-state index is 12.6. The van der Waals surface area contributed by atoms with Crippen LogP contribution in [0.25, 0.3) is 0 Å². The molecule has 0 aliphatic carbocycles. The molecule has 0 bridgehead atoms. The first-order valence-electron chi connectivity index (χ1n) is 7.58. The highest BCUT2D eigenvalue weighted by atomic mass is 16.3. The van der Waals surface area contributed by atoms with Crippen molar-refractivity contribution in [3.63, 3.8) is 0 Å². The molecule has 0 aliphatic heterocycles. The Morgan fingerprint density at radius 1 is 0.600 bits per heavy atom. The first kappa shape index (κ1) is 16.4. The van der Waals surface area contributed by atoms with Gasteiger partial charge in [0.25, 0.3) is 0 Å². The predicted octanol–water partition coefficient (Wildman–Crippen LogP) is 2.43. The van der Waals surface area contributed by atoms with Crippen LogP contribution < -0.4 is 5.73 Å². The molecule has 0 saturated heterocycles. The van der Waals surface area contributed by atoms with E-state index in [2.05, 4.69) is 5.73 Å². The van der Waals surface area contributed by atoms with Crippen molar-refractivity contribution < 1.29 is 25.5 Å². The van der Waals surface area contributed by atoms with Gasteiger partial charge in [0.2, 0.25) is 0 Å². The van der Waals surface area contributed by atoms with Crippen LogP contribution in [0.4, 0.5) is 5.69 Å². The van der Waals surface area contributed by atoms with E-state index in [-0.39, 0.29) is 23.1 Å². The normalized spacial score (nSPS) is 10.4. The molecule has 3 aromatic rings. The molecule has 5 heteroatoms. The van der Waals surface area contributed by atoms with E-state index in [1.54, 1.807) is 12.1 Å². The molecule has 0 radical (unpaired) electrons. The summed E-state index contributed by atoms with van der Waals surface area (Å²) in [6.45, 7) is 0. The lowest BCUT2D eigenvalue weighted by Crippen LogP contribution is -2.40. The third-order valence-corrected chi connectivity index (χ3v) is 3.78. The standard InChI is InChI=1S/C20H15NO4/c21-16-10-14(19(24)12-1-5-17(22)6-2-12)9-15(11-16)20(25)13-3-7-18(23)8-4-13/h1-11,22-23H,21H2/p+1. The quantitative estimate of drug-likeness (QED) is 0.638. The minimum absolute atomic E-state index is 0.0747. The zero-order chi connectivity index (χ0) is 18.0. The molecule has 3 aromatic carbocycles. The molecular formula is C20H16NO4+. The number of hydrogen-bond donors (Lipinski definition) is 3. The van der Waals surface area contributed by atoms with Crippen LogP contribution in [-0.2, 0) is 0 Å². The van der Waals surface area contributed by atoms with Gasteiger partial charge in [-0.05, 0) is 54.6 Å². The molecule has 0 spiro atoms. The number of carbonyl (C=O) groups excluding carboxylic acids is 2. The summed E-state index contributed by atoms with van der Waals surface area (Å²) < 4.78 is 0. The highest BCUT2D eigenvalue weighted by Crippen LogP contribution is 2.20. The first-order chi connectivity index (χ1) is 11.9. The van der Waals surface area contributed by atoms with Gasteiger partial charge in [-0.25, -0.2) is 0 Å². The van der Waals surface area contributed by atoms with E-state index >= 15 is 0 Å². The average molecular weight is 334 g/mol. The summed E-state index contributed by atoms with van der Waals surface area (Å²) in [7, 11) is 0. The van der Waals surface area contributed by atoms with Crippen molar-refractivity contribution >= 4 is 17.3 Å². The highest BCUT2D eigenvalue weighted by Gasteiger charge is 2.16. The lowest BCUT2D eigenvalue weighted by molar-refractivity contribution is -0.254. The summed E-state index contributed by atoms with van der Waals surface area (Å²) in [5, 5.41) is 18.7. The first-order valence-corrected chi connectivity index (χ1v) is 7.58. The number of aromatic hydroxyl groups is 2. The summed E-state index contributed by atoms with van der Waals surface area (Å²) in [5.41, 5.74) is 5.90. The summed E-state index contributed by atoms with van der Waals surface area (Å²) in [6, 6.07) is 16.6. The molecule has 25 heavy (non-hydrogen) atoms. The largest absolute Gasteiger partial charge is 0.508 e. The molecular weight excluding hydrogens is 318 g/mol. The van der Waals surface area contributed by atoms with Crippen LogP contribution in [0.2, 0.25) is 0 Å². The Balaban J connectivity index is 1.97. The second kappa shape index (κ2) is 6.59. The number of phenols is 2. The van der Waals surface area contributed by atoms with Crippen LogP contribution in [0.5, 0.6) is 11.5 Å². The maximum absolute atomic E-state index is 12.6. The van der Waals surface area contributed by atoms with E-state index in [4.69, 9.17) is 0 Å². The Labute approximate surface area is 144 Å². The lowest BCUT2D eigenvalue weighted by atomic mass is 9.96. The average Bonchev–Trinajstić information content (AvgIpc) is 2.61. The minimum Gasteiger partial charge on any atom is -0.508 e. The van der Waals surface area contributed by atoms with Gasteiger partial charge in [-0.2, -0.15) is 0 Å². The van der Waals surface area contributed by atoms with Crippen LogP contribution >= 0.6 is 0 Å². The molecule has 0 aromatic heterocycles. The van der Waals surface area contributed by atoms with Gasteiger partial charge in [-0.1, -0.05) is 0 Å². The molecule has 0 aliphatic rings. The van der Waals surface area contributed by atoms with E-state index in [1.165, 1.54) is 54.6 Å².